The number of nitrogens with zero attached hydrogens (tertiary/aromatic N) is 4. The van der Waals surface area contributed by atoms with Crippen molar-refractivity contribution >= 4 is 34.2 Å². The number of para-hydroxylation sites is 1. The minimum absolute atomic E-state index is 0.0862. The molecule has 1 heterocycles. The lowest BCUT2D eigenvalue weighted by atomic mass is 10.1. The van der Waals surface area contributed by atoms with Crippen molar-refractivity contribution in [3.05, 3.63) is 95.7 Å². The van der Waals surface area contributed by atoms with Crippen LogP contribution >= 0.6 is 0 Å². The highest BCUT2D eigenvalue weighted by Gasteiger charge is 2.22. The van der Waals surface area contributed by atoms with Gasteiger partial charge < -0.3 is 29.7 Å². The van der Waals surface area contributed by atoms with E-state index in [1.165, 1.54) is 4.90 Å². The quantitative estimate of drug-likeness (QED) is 0.215. The minimum atomic E-state index is -0.401. The lowest BCUT2D eigenvalue weighted by Crippen LogP contribution is -2.45. The first-order valence-corrected chi connectivity index (χ1v) is 14.0. The number of rotatable bonds is 13. The molecule has 0 bridgehead atoms. The molecular formula is C33H38N6O3. The smallest absolute Gasteiger partial charge is 0.322 e. The zero-order valence-electron chi connectivity index (χ0n) is 24.5. The second-order valence-electron chi connectivity index (χ2n) is 10.4. The normalized spacial score (nSPS) is 10.7. The molecule has 4 aromatic rings. The molecule has 3 aromatic carbocycles. The van der Waals surface area contributed by atoms with Crippen molar-refractivity contribution < 1.29 is 14.3 Å². The number of aromatic nitrogens is 1. The van der Waals surface area contributed by atoms with Gasteiger partial charge in [0, 0.05) is 75.9 Å². The van der Waals surface area contributed by atoms with Crippen molar-refractivity contribution in [1.82, 2.24) is 14.8 Å². The van der Waals surface area contributed by atoms with E-state index in [1.807, 2.05) is 72.6 Å². The van der Waals surface area contributed by atoms with Gasteiger partial charge in [0.05, 0.1) is 11.6 Å². The van der Waals surface area contributed by atoms with Crippen molar-refractivity contribution in [2.45, 2.75) is 19.4 Å². The van der Waals surface area contributed by atoms with Gasteiger partial charge in [0.25, 0.3) is 0 Å². The molecule has 218 valence electrons. The summed E-state index contributed by atoms with van der Waals surface area (Å²) in [4.78, 5) is 35.9. The maximum Gasteiger partial charge on any atom is 0.322 e. The highest BCUT2D eigenvalue weighted by Crippen LogP contribution is 2.20. The number of benzene rings is 3. The SMILES string of the molecule is COCCCN(CC(=O)N(CCc1c[nH]c2ccccc12)Cc1ccc(N(C)C)cc1)C(=O)Nc1cccc(C#N)c1. The maximum atomic E-state index is 13.9. The van der Waals surface area contributed by atoms with E-state index in [1.54, 1.807) is 31.4 Å². The average molecular weight is 567 g/mol. The van der Waals surface area contributed by atoms with E-state index < -0.39 is 6.03 Å². The Bertz CT molecular complexity index is 1520. The fraction of sp³-hybridized carbons (Fsp3) is 0.303. The van der Waals surface area contributed by atoms with Crippen LogP contribution in [-0.4, -0.2) is 74.2 Å². The van der Waals surface area contributed by atoms with Gasteiger partial charge in [0.15, 0.2) is 0 Å². The van der Waals surface area contributed by atoms with E-state index in [4.69, 9.17) is 4.74 Å². The zero-order chi connectivity index (χ0) is 29.9. The predicted molar refractivity (Wildman–Crippen MR) is 166 cm³/mol. The number of carbonyl (C=O) groups excluding carboxylic acids is 2. The number of aromatic amines is 1. The monoisotopic (exact) mass is 566 g/mol. The highest BCUT2D eigenvalue weighted by molar-refractivity contribution is 5.92. The Kier molecular flexibility index (Phi) is 10.6. The van der Waals surface area contributed by atoms with Crippen LogP contribution in [0, 0.1) is 11.3 Å². The third-order valence-electron chi connectivity index (χ3n) is 7.14. The topological polar surface area (TPSA) is 105 Å². The Labute approximate surface area is 247 Å². The van der Waals surface area contributed by atoms with Crippen LogP contribution in [0.2, 0.25) is 0 Å². The Morgan fingerprint density at radius 2 is 1.76 bits per heavy atom. The van der Waals surface area contributed by atoms with E-state index in [0.29, 0.717) is 50.3 Å². The average Bonchev–Trinajstić information content (AvgIpc) is 3.42. The minimum Gasteiger partial charge on any atom is -0.385 e. The molecule has 0 atom stereocenters. The van der Waals surface area contributed by atoms with Crippen molar-refractivity contribution in [2.75, 3.05) is 57.7 Å². The van der Waals surface area contributed by atoms with Crippen LogP contribution in [-0.2, 0) is 22.5 Å². The maximum absolute atomic E-state index is 13.9. The van der Waals surface area contributed by atoms with Gasteiger partial charge in [-0.25, -0.2) is 4.79 Å². The van der Waals surface area contributed by atoms with Gasteiger partial charge in [-0.1, -0.05) is 36.4 Å². The summed E-state index contributed by atoms with van der Waals surface area (Å²) in [5, 5.41) is 13.2. The molecule has 9 nitrogen and oxygen atoms in total. The second kappa shape index (κ2) is 14.7. The molecule has 0 spiro atoms. The van der Waals surface area contributed by atoms with Crippen molar-refractivity contribution in [2.24, 2.45) is 0 Å². The molecule has 0 saturated carbocycles. The molecule has 0 fully saturated rings. The largest absolute Gasteiger partial charge is 0.385 e. The standard InChI is InChI=1S/C33H38N6O3/c1-37(2)29-14-12-25(13-15-29)23-38(18-16-27-22-35-31-11-5-4-10-30(27)31)32(40)24-39(17-7-19-42-3)33(41)36-28-9-6-8-26(20-28)21-34/h4-6,8-15,20,22,35H,7,16-19,23-24H2,1-3H3,(H,36,41). The summed E-state index contributed by atoms with van der Waals surface area (Å²) in [6.45, 7) is 1.64. The van der Waals surface area contributed by atoms with Crippen LogP contribution in [0.15, 0.2) is 79.0 Å². The van der Waals surface area contributed by atoms with E-state index >= 15 is 0 Å². The van der Waals surface area contributed by atoms with E-state index in [0.717, 1.165) is 27.7 Å². The predicted octanol–water partition coefficient (Wildman–Crippen LogP) is 5.25. The van der Waals surface area contributed by atoms with Crippen LogP contribution in [0.4, 0.5) is 16.2 Å². The molecule has 2 N–H and O–H groups in total. The zero-order valence-corrected chi connectivity index (χ0v) is 24.5. The number of nitriles is 1. The van der Waals surface area contributed by atoms with Crippen molar-refractivity contribution in [3.8, 4) is 6.07 Å². The van der Waals surface area contributed by atoms with Crippen LogP contribution < -0.4 is 10.2 Å². The molecular weight excluding hydrogens is 528 g/mol. The number of carbonyl (C=O) groups is 2. The lowest BCUT2D eigenvalue weighted by molar-refractivity contribution is -0.132. The number of nitrogens with one attached hydrogen (secondary N) is 2. The van der Waals surface area contributed by atoms with Crippen LogP contribution in [0.1, 0.15) is 23.1 Å². The summed E-state index contributed by atoms with van der Waals surface area (Å²) in [5.74, 6) is -0.148. The van der Waals surface area contributed by atoms with Gasteiger partial charge in [-0.3, -0.25) is 4.79 Å². The van der Waals surface area contributed by atoms with Crippen molar-refractivity contribution in [3.63, 3.8) is 0 Å². The van der Waals surface area contributed by atoms with E-state index in [-0.39, 0.29) is 12.5 Å². The number of ether oxygens (including phenoxy) is 1. The summed E-state index contributed by atoms with van der Waals surface area (Å²) in [5.41, 5.74) is 5.23. The number of fused-ring (bicyclic) bond motifs is 1. The molecule has 0 aliphatic heterocycles. The number of H-pyrrole nitrogens is 1. The van der Waals surface area contributed by atoms with Gasteiger partial charge in [-0.05, 0) is 60.4 Å². The van der Waals surface area contributed by atoms with Crippen molar-refractivity contribution in [1.29, 1.82) is 5.26 Å². The first kappa shape index (κ1) is 30.2. The summed E-state index contributed by atoms with van der Waals surface area (Å²) in [6, 6.07) is 24.7. The second-order valence-corrected chi connectivity index (χ2v) is 10.4. The lowest BCUT2D eigenvalue weighted by Gasteiger charge is -2.28. The molecule has 0 aliphatic rings. The first-order valence-electron chi connectivity index (χ1n) is 14.0. The number of hydrogen-bond acceptors (Lipinski definition) is 5. The number of methoxy groups -OCH3 is 1. The molecule has 0 unspecified atom stereocenters. The highest BCUT2D eigenvalue weighted by atomic mass is 16.5. The van der Waals surface area contributed by atoms with Gasteiger partial charge >= 0.3 is 6.03 Å². The molecule has 0 saturated heterocycles. The summed E-state index contributed by atoms with van der Waals surface area (Å²) < 4.78 is 5.20. The number of hydrogen-bond donors (Lipinski definition) is 2. The fourth-order valence-electron chi connectivity index (χ4n) is 4.79. The summed E-state index contributed by atoms with van der Waals surface area (Å²) in [7, 11) is 5.59. The molecule has 4 rings (SSSR count). The third kappa shape index (κ3) is 8.12. The molecule has 9 heteroatoms. The van der Waals surface area contributed by atoms with Gasteiger partial charge in [0.1, 0.15) is 6.54 Å². The molecule has 1 aromatic heterocycles. The Balaban J connectivity index is 1.53. The van der Waals surface area contributed by atoms with Gasteiger partial charge in [-0.2, -0.15) is 5.26 Å². The third-order valence-corrected chi connectivity index (χ3v) is 7.14. The molecule has 0 radical (unpaired) electrons. The van der Waals surface area contributed by atoms with Crippen LogP contribution in [0.5, 0.6) is 0 Å². The molecule has 42 heavy (non-hydrogen) atoms. The van der Waals surface area contributed by atoms with Crippen LogP contribution in [0.25, 0.3) is 10.9 Å². The first-order chi connectivity index (χ1) is 20.4. The summed E-state index contributed by atoms with van der Waals surface area (Å²) in [6.07, 6.45) is 3.25. The van der Waals surface area contributed by atoms with E-state index in [9.17, 15) is 14.9 Å². The van der Waals surface area contributed by atoms with Gasteiger partial charge in [-0.15, -0.1) is 0 Å². The number of urea groups is 1. The Hall–Kier alpha value is -4.81. The number of amides is 3. The molecule has 0 aliphatic carbocycles. The van der Waals surface area contributed by atoms with Crippen LogP contribution in [0.3, 0.4) is 0 Å². The van der Waals surface area contributed by atoms with Gasteiger partial charge in [0.2, 0.25) is 5.91 Å². The Morgan fingerprint density at radius 1 is 0.976 bits per heavy atom. The number of anilines is 2. The summed E-state index contributed by atoms with van der Waals surface area (Å²) >= 11 is 0. The van der Waals surface area contributed by atoms with E-state index in [2.05, 4.69) is 22.4 Å². The fourth-order valence-corrected chi connectivity index (χ4v) is 4.79. The molecule has 3 amide bonds. The Morgan fingerprint density at radius 3 is 2.50 bits per heavy atom.